The highest BCUT2D eigenvalue weighted by Crippen LogP contribution is 2.67. The number of halogens is 2. The van der Waals surface area contributed by atoms with Crippen LogP contribution in [0, 0.1) is 5.92 Å². The quantitative estimate of drug-likeness (QED) is 0.804. The van der Waals surface area contributed by atoms with Crippen molar-refractivity contribution in [2.75, 3.05) is 13.2 Å². The number of alkyl carbamates (subject to hydrolysis) is 1. The fourth-order valence-corrected chi connectivity index (χ4v) is 3.61. The molecule has 1 amide bonds. The van der Waals surface area contributed by atoms with Crippen LogP contribution in [-0.2, 0) is 18.3 Å². The average Bonchev–Trinajstić information content (AvgIpc) is 2.29. The van der Waals surface area contributed by atoms with Crippen LogP contribution >= 0.6 is 7.60 Å². The maximum atomic E-state index is 14.2. The van der Waals surface area contributed by atoms with Crippen molar-refractivity contribution in [3.05, 3.63) is 0 Å². The van der Waals surface area contributed by atoms with E-state index in [-0.39, 0.29) is 13.2 Å². The first-order valence-electron chi connectivity index (χ1n) is 6.69. The normalized spacial score (nSPS) is 32.5. The zero-order chi connectivity index (χ0) is 16.5. The SMILES string of the molecule is CCO[P@@]1(=O)OC[C@@H](NC(=O)OC(C)(C)C)[C@@H](C)C1(F)F. The summed E-state index contributed by atoms with van der Waals surface area (Å²) in [4.78, 5) is 11.6. The third-order valence-electron chi connectivity index (χ3n) is 2.94. The van der Waals surface area contributed by atoms with Gasteiger partial charge in [0.05, 0.1) is 25.2 Å². The lowest BCUT2D eigenvalue weighted by atomic mass is 10.0. The molecular weight excluding hydrogens is 307 g/mol. The second-order valence-corrected chi connectivity index (χ2v) is 7.95. The first-order valence-corrected chi connectivity index (χ1v) is 8.24. The van der Waals surface area contributed by atoms with Gasteiger partial charge in [0.15, 0.2) is 0 Å². The summed E-state index contributed by atoms with van der Waals surface area (Å²) in [5, 5.41) is 2.32. The van der Waals surface area contributed by atoms with Crippen LogP contribution in [0.3, 0.4) is 0 Å². The summed E-state index contributed by atoms with van der Waals surface area (Å²) in [6.45, 7) is 7.14. The van der Waals surface area contributed by atoms with Crippen LogP contribution in [0.25, 0.3) is 0 Å². The molecule has 0 unspecified atom stereocenters. The summed E-state index contributed by atoms with van der Waals surface area (Å²) in [5.41, 5.74) is -4.42. The number of ether oxygens (including phenoxy) is 1. The molecule has 0 saturated carbocycles. The first kappa shape index (κ1) is 18.3. The monoisotopic (exact) mass is 329 g/mol. The minimum Gasteiger partial charge on any atom is -0.444 e. The molecular formula is C12H22F2NO5P. The zero-order valence-electron chi connectivity index (χ0n) is 12.8. The highest BCUT2D eigenvalue weighted by atomic mass is 31.2. The third-order valence-corrected chi connectivity index (χ3v) is 5.17. The van der Waals surface area contributed by atoms with E-state index in [0.717, 1.165) is 0 Å². The lowest BCUT2D eigenvalue weighted by Crippen LogP contribution is -2.53. The molecule has 0 aromatic rings. The molecule has 1 N–H and O–H groups in total. The van der Waals surface area contributed by atoms with Gasteiger partial charge in [-0.25, -0.2) is 4.79 Å². The molecule has 3 atom stereocenters. The molecule has 0 aromatic heterocycles. The molecule has 0 radical (unpaired) electrons. The van der Waals surface area contributed by atoms with E-state index in [4.69, 9.17) is 9.26 Å². The maximum absolute atomic E-state index is 14.2. The largest absolute Gasteiger partial charge is 0.444 e. The van der Waals surface area contributed by atoms with Gasteiger partial charge in [-0.2, -0.15) is 8.78 Å². The molecule has 1 rings (SSSR count). The summed E-state index contributed by atoms with van der Waals surface area (Å²) < 4.78 is 54.7. The molecule has 0 spiro atoms. The molecule has 1 saturated heterocycles. The van der Waals surface area contributed by atoms with E-state index in [1.807, 2.05) is 0 Å². The van der Waals surface area contributed by atoms with Crippen LogP contribution in [0.15, 0.2) is 0 Å². The molecule has 0 aromatic carbocycles. The molecule has 124 valence electrons. The predicted octanol–water partition coefficient (Wildman–Crippen LogP) is 3.37. The molecule has 9 heteroatoms. The summed E-state index contributed by atoms with van der Waals surface area (Å²) in [5.74, 6) is -1.41. The Morgan fingerprint density at radius 1 is 1.48 bits per heavy atom. The highest BCUT2D eigenvalue weighted by Gasteiger charge is 2.62. The zero-order valence-corrected chi connectivity index (χ0v) is 13.7. The van der Waals surface area contributed by atoms with Crippen LogP contribution in [0.5, 0.6) is 0 Å². The van der Waals surface area contributed by atoms with Crippen LogP contribution in [0.1, 0.15) is 34.6 Å². The van der Waals surface area contributed by atoms with Crippen molar-refractivity contribution in [2.45, 2.75) is 51.9 Å². The van der Waals surface area contributed by atoms with Gasteiger partial charge in [0.25, 0.3) is 0 Å². The van der Waals surface area contributed by atoms with Gasteiger partial charge in [-0.15, -0.1) is 0 Å². The van der Waals surface area contributed by atoms with Crippen molar-refractivity contribution < 1.29 is 31.9 Å². The highest BCUT2D eigenvalue weighted by molar-refractivity contribution is 7.55. The van der Waals surface area contributed by atoms with Gasteiger partial charge in [0, 0.05) is 0 Å². The Kier molecular flexibility index (Phi) is 5.40. The van der Waals surface area contributed by atoms with E-state index in [0.29, 0.717) is 0 Å². The van der Waals surface area contributed by atoms with E-state index >= 15 is 0 Å². The smallest absolute Gasteiger partial charge is 0.407 e. The molecule has 1 aliphatic heterocycles. The van der Waals surface area contributed by atoms with Gasteiger partial charge in [0.1, 0.15) is 5.60 Å². The van der Waals surface area contributed by atoms with E-state index in [2.05, 4.69) is 9.84 Å². The average molecular weight is 329 g/mol. The summed E-state index contributed by atoms with van der Waals surface area (Å²) >= 11 is 0. The number of amides is 1. The molecule has 0 bridgehead atoms. The summed E-state index contributed by atoms with van der Waals surface area (Å²) in [6.07, 6.45) is -0.827. The van der Waals surface area contributed by atoms with Gasteiger partial charge in [-0.1, -0.05) is 6.92 Å². The van der Waals surface area contributed by atoms with Gasteiger partial charge < -0.3 is 19.1 Å². The summed E-state index contributed by atoms with van der Waals surface area (Å²) in [6, 6.07) is -1.02. The number of hydrogen-bond acceptors (Lipinski definition) is 5. The van der Waals surface area contributed by atoms with Crippen LogP contribution in [-0.4, -0.2) is 36.6 Å². The minimum atomic E-state index is -4.52. The number of hydrogen-bond donors (Lipinski definition) is 1. The van der Waals surface area contributed by atoms with Gasteiger partial charge in [-0.3, -0.25) is 4.57 Å². The van der Waals surface area contributed by atoms with Crippen molar-refractivity contribution in [1.29, 1.82) is 0 Å². The fraction of sp³-hybridized carbons (Fsp3) is 0.917. The van der Waals surface area contributed by atoms with Crippen molar-refractivity contribution in [3.8, 4) is 0 Å². The standard InChI is InChI=1S/C12H22F2NO5P/c1-6-18-21(17)12(13,14)8(2)9(7-19-21)15-10(16)20-11(3,4)5/h8-9H,6-7H2,1-5H3,(H,15,16)/t8-,9-,21-/m1/s1. The number of nitrogens with one attached hydrogen (secondary N) is 1. The van der Waals surface area contributed by atoms with Gasteiger partial charge in [-0.05, 0) is 27.7 Å². The van der Waals surface area contributed by atoms with Crippen molar-refractivity contribution in [2.24, 2.45) is 5.92 Å². The Bertz CT molecular complexity index is 438. The third kappa shape index (κ3) is 4.14. The van der Waals surface area contributed by atoms with Crippen LogP contribution in [0.2, 0.25) is 0 Å². The van der Waals surface area contributed by atoms with Gasteiger partial charge in [0.2, 0.25) is 0 Å². The van der Waals surface area contributed by atoms with Crippen LogP contribution in [0.4, 0.5) is 13.6 Å². The molecule has 1 aliphatic rings. The Morgan fingerprint density at radius 2 is 2.05 bits per heavy atom. The number of alkyl halides is 2. The van der Waals surface area contributed by atoms with Crippen molar-refractivity contribution in [3.63, 3.8) is 0 Å². The fourth-order valence-electron chi connectivity index (χ4n) is 1.82. The van der Waals surface area contributed by atoms with E-state index < -0.39 is 36.9 Å². The minimum absolute atomic E-state index is 0.149. The number of rotatable bonds is 3. The molecule has 6 nitrogen and oxygen atoms in total. The summed E-state index contributed by atoms with van der Waals surface area (Å²) in [7, 11) is -4.52. The predicted molar refractivity (Wildman–Crippen MR) is 72.5 cm³/mol. The van der Waals surface area contributed by atoms with E-state index in [9.17, 15) is 18.1 Å². The van der Waals surface area contributed by atoms with E-state index in [1.54, 1.807) is 20.8 Å². The lowest BCUT2D eigenvalue weighted by molar-refractivity contribution is -0.0533. The molecule has 1 heterocycles. The van der Waals surface area contributed by atoms with Crippen LogP contribution < -0.4 is 5.32 Å². The number of carbonyl (C=O) groups excluding carboxylic acids is 1. The Hall–Kier alpha value is -0.720. The van der Waals surface area contributed by atoms with E-state index in [1.165, 1.54) is 13.8 Å². The second-order valence-electron chi connectivity index (χ2n) is 5.84. The maximum Gasteiger partial charge on any atom is 0.407 e. The Morgan fingerprint density at radius 3 is 2.52 bits per heavy atom. The molecule has 21 heavy (non-hydrogen) atoms. The Balaban J connectivity index is 2.78. The number of carbonyl (C=O) groups is 1. The second kappa shape index (κ2) is 6.18. The molecule has 0 aliphatic carbocycles. The van der Waals surface area contributed by atoms with Gasteiger partial charge >= 0.3 is 19.4 Å². The molecule has 1 fully saturated rings. The topological polar surface area (TPSA) is 73.9 Å². The lowest BCUT2D eigenvalue weighted by Gasteiger charge is -2.39. The van der Waals surface area contributed by atoms with Crippen molar-refractivity contribution >= 4 is 13.7 Å². The Labute approximate surface area is 123 Å². The first-order chi connectivity index (χ1) is 9.43. The van der Waals surface area contributed by atoms with Crippen molar-refractivity contribution in [1.82, 2.24) is 5.32 Å².